The first-order chi connectivity index (χ1) is 16.4. The second kappa shape index (κ2) is 7.74. The standard InChI is InChI=1S/C26H24ClN5O2/c1-15-10-19-22-17(13-28-19)12-21(25(33)30(2)20(22)11-15)31-9-8-18-23(26(31)34)29-32(24(18)27)14-16-6-4-3-5-7-16/h3-7,10-11,13,21,28H,8-9,12,14H2,1-2H3/t21-/m0/s1. The molecule has 4 aromatic rings. The Morgan fingerprint density at radius 1 is 1.18 bits per heavy atom. The molecule has 0 spiro atoms. The Labute approximate surface area is 201 Å². The number of aromatic nitrogens is 3. The maximum atomic E-state index is 13.6. The van der Waals surface area contributed by atoms with Gasteiger partial charge < -0.3 is 14.8 Å². The summed E-state index contributed by atoms with van der Waals surface area (Å²) < 4.78 is 1.68. The van der Waals surface area contributed by atoms with Crippen LogP contribution in [0.5, 0.6) is 0 Å². The fourth-order valence-electron chi connectivity index (χ4n) is 5.26. The molecule has 2 aliphatic heterocycles. The lowest BCUT2D eigenvalue weighted by Crippen LogP contribution is -2.53. The van der Waals surface area contributed by atoms with Crippen molar-refractivity contribution >= 4 is 40.0 Å². The lowest BCUT2D eigenvalue weighted by molar-refractivity contribution is -0.122. The highest BCUT2D eigenvalue weighted by Crippen LogP contribution is 2.36. The molecule has 0 saturated heterocycles. The van der Waals surface area contributed by atoms with E-state index in [0.717, 1.165) is 38.8 Å². The number of halogens is 1. The molecule has 0 fully saturated rings. The van der Waals surface area contributed by atoms with Gasteiger partial charge in [-0.25, -0.2) is 4.68 Å². The number of carbonyl (C=O) groups excluding carboxylic acids is 2. The summed E-state index contributed by atoms with van der Waals surface area (Å²) in [4.78, 5) is 33.9. The van der Waals surface area contributed by atoms with Crippen molar-refractivity contribution in [3.63, 3.8) is 0 Å². The molecule has 172 valence electrons. The molecule has 0 saturated carbocycles. The predicted octanol–water partition coefficient (Wildman–Crippen LogP) is 3.96. The second-order valence-electron chi connectivity index (χ2n) is 9.15. The van der Waals surface area contributed by atoms with Gasteiger partial charge in [0.2, 0.25) is 5.91 Å². The van der Waals surface area contributed by atoms with Crippen LogP contribution in [0.4, 0.5) is 5.69 Å². The van der Waals surface area contributed by atoms with Crippen LogP contribution in [0.3, 0.4) is 0 Å². The summed E-state index contributed by atoms with van der Waals surface area (Å²) in [5.41, 5.74) is 6.16. The molecule has 4 heterocycles. The van der Waals surface area contributed by atoms with Crippen molar-refractivity contribution < 1.29 is 9.59 Å². The average molecular weight is 474 g/mol. The van der Waals surface area contributed by atoms with Gasteiger partial charge in [-0.3, -0.25) is 9.59 Å². The Balaban J connectivity index is 1.35. The van der Waals surface area contributed by atoms with Crippen LogP contribution in [0.25, 0.3) is 10.9 Å². The third-order valence-corrected chi connectivity index (χ3v) is 7.40. The number of aryl methyl sites for hydroxylation is 1. The van der Waals surface area contributed by atoms with Crippen LogP contribution >= 0.6 is 11.6 Å². The number of carbonyl (C=O) groups is 2. The van der Waals surface area contributed by atoms with Crippen molar-refractivity contribution in [2.75, 3.05) is 18.5 Å². The van der Waals surface area contributed by atoms with Gasteiger partial charge in [-0.15, -0.1) is 0 Å². The van der Waals surface area contributed by atoms with Crippen molar-refractivity contribution in [3.05, 3.63) is 81.8 Å². The van der Waals surface area contributed by atoms with Gasteiger partial charge in [0.15, 0.2) is 5.69 Å². The molecule has 6 rings (SSSR count). The largest absolute Gasteiger partial charge is 0.361 e. The van der Waals surface area contributed by atoms with Crippen molar-refractivity contribution in [1.82, 2.24) is 19.7 Å². The van der Waals surface area contributed by atoms with Crippen molar-refractivity contribution in [1.29, 1.82) is 0 Å². The van der Waals surface area contributed by atoms with Crippen LogP contribution in [0.2, 0.25) is 5.15 Å². The minimum Gasteiger partial charge on any atom is -0.361 e. The lowest BCUT2D eigenvalue weighted by Gasteiger charge is -2.34. The maximum absolute atomic E-state index is 13.6. The number of fused-ring (bicyclic) bond motifs is 1. The second-order valence-corrected chi connectivity index (χ2v) is 9.51. The molecule has 0 unspecified atom stereocenters. The quantitative estimate of drug-likeness (QED) is 0.489. The van der Waals surface area contributed by atoms with E-state index in [2.05, 4.69) is 16.1 Å². The van der Waals surface area contributed by atoms with Gasteiger partial charge in [0.25, 0.3) is 5.91 Å². The van der Waals surface area contributed by atoms with Gasteiger partial charge in [-0.05, 0) is 42.2 Å². The third kappa shape index (κ3) is 3.15. The summed E-state index contributed by atoms with van der Waals surface area (Å²) >= 11 is 6.63. The van der Waals surface area contributed by atoms with E-state index in [1.807, 2.05) is 49.5 Å². The molecular formula is C26H24ClN5O2. The highest BCUT2D eigenvalue weighted by Gasteiger charge is 2.40. The lowest BCUT2D eigenvalue weighted by atomic mass is 10.00. The molecule has 7 nitrogen and oxygen atoms in total. The van der Waals surface area contributed by atoms with Crippen molar-refractivity contribution in [3.8, 4) is 0 Å². The Morgan fingerprint density at radius 2 is 1.97 bits per heavy atom. The number of hydrogen-bond donors (Lipinski definition) is 1. The summed E-state index contributed by atoms with van der Waals surface area (Å²) in [6.07, 6.45) is 2.98. The van der Waals surface area contributed by atoms with E-state index in [9.17, 15) is 9.59 Å². The van der Waals surface area contributed by atoms with Crippen LogP contribution < -0.4 is 4.90 Å². The monoisotopic (exact) mass is 473 g/mol. The molecule has 0 radical (unpaired) electrons. The van der Waals surface area contributed by atoms with Gasteiger partial charge in [-0.1, -0.05) is 41.9 Å². The Hall–Kier alpha value is -3.58. The minimum absolute atomic E-state index is 0.0882. The zero-order chi connectivity index (χ0) is 23.6. The molecule has 0 bridgehead atoms. The molecule has 0 aliphatic carbocycles. The summed E-state index contributed by atoms with van der Waals surface area (Å²) in [7, 11) is 1.79. The van der Waals surface area contributed by atoms with Gasteiger partial charge in [0.05, 0.1) is 12.2 Å². The van der Waals surface area contributed by atoms with E-state index < -0.39 is 6.04 Å². The number of amides is 2. The van der Waals surface area contributed by atoms with Crippen LogP contribution in [-0.4, -0.2) is 51.1 Å². The first kappa shape index (κ1) is 21.0. The zero-order valence-corrected chi connectivity index (χ0v) is 19.8. The number of benzene rings is 2. The summed E-state index contributed by atoms with van der Waals surface area (Å²) in [6.45, 7) is 2.93. The SMILES string of the molecule is Cc1cc2c3c(c[nH]c3c1)C[C@H](N1CCc3c(nn(Cc4ccccc4)c3Cl)C1=O)C(=O)N2C. The van der Waals surface area contributed by atoms with E-state index in [1.165, 1.54) is 0 Å². The number of likely N-dealkylation sites (N-methyl/N-ethyl adjacent to an activating group) is 1. The third-order valence-electron chi connectivity index (χ3n) is 6.97. The molecule has 2 aromatic heterocycles. The normalized spacial score (nSPS) is 17.9. The summed E-state index contributed by atoms with van der Waals surface area (Å²) in [5, 5.41) is 6.12. The van der Waals surface area contributed by atoms with Crippen LogP contribution in [0.15, 0.2) is 48.7 Å². The molecule has 34 heavy (non-hydrogen) atoms. The molecular weight excluding hydrogens is 450 g/mol. The topological polar surface area (TPSA) is 74.2 Å². The summed E-state index contributed by atoms with van der Waals surface area (Å²) in [6, 6.07) is 13.4. The van der Waals surface area contributed by atoms with Gasteiger partial charge in [0.1, 0.15) is 11.2 Å². The number of hydrogen-bond acceptors (Lipinski definition) is 3. The molecule has 2 amide bonds. The number of nitrogens with one attached hydrogen (secondary N) is 1. The van der Waals surface area contributed by atoms with Crippen LogP contribution in [-0.2, 0) is 24.2 Å². The number of nitrogens with zero attached hydrogens (tertiary/aromatic N) is 4. The summed E-state index contributed by atoms with van der Waals surface area (Å²) in [5.74, 6) is -0.328. The van der Waals surface area contributed by atoms with Crippen LogP contribution in [0.1, 0.15) is 32.7 Å². The molecule has 2 aliphatic rings. The predicted molar refractivity (Wildman–Crippen MR) is 131 cm³/mol. The Bertz CT molecular complexity index is 1460. The van der Waals surface area contributed by atoms with Crippen molar-refractivity contribution in [2.45, 2.75) is 32.4 Å². The fourth-order valence-corrected chi connectivity index (χ4v) is 5.54. The smallest absolute Gasteiger partial charge is 0.275 e. The Morgan fingerprint density at radius 3 is 2.76 bits per heavy atom. The van der Waals surface area contributed by atoms with Crippen LogP contribution in [0, 0.1) is 6.92 Å². The van der Waals surface area contributed by atoms with E-state index in [-0.39, 0.29) is 11.8 Å². The average Bonchev–Trinajstić information content (AvgIpc) is 3.35. The fraction of sp³-hybridized carbons (Fsp3) is 0.269. The first-order valence-electron chi connectivity index (χ1n) is 11.4. The first-order valence-corrected chi connectivity index (χ1v) is 11.8. The van der Waals surface area contributed by atoms with Gasteiger partial charge >= 0.3 is 0 Å². The maximum Gasteiger partial charge on any atom is 0.275 e. The minimum atomic E-state index is -0.601. The van der Waals surface area contributed by atoms with Gasteiger partial charge in [-0.2, -0.15) is 5.10 Å². The van der Waals surface area contributed by atoms with E-state index in [1.54, 1.807) is 21.5 Å². The van der Waals surface area contributed by atoms with E-state index in [4.69, 9.17) is 11.6 Å². The molecule has 2 aromatic carbocycles. The zero-order valence-electron chi connectivity index (χ0n) is 19.0. The van der Waals surface area contributed by atoms with E-state index in [0.29, 0.717) is 36.8 Å². The highest BCUT2D eigenvalue weighted by molar-refractivity contribution is 6.31. The number of rotatable bonds is 3. The number of aromatic amines is 1. The molecule has 1 atom stereocenters. The Kier molecular flexibility index (Phi) is 4.78. The molecule has 1 N–H and O–H groups in total. The van der Waals surface area contributed by atoms with Crippen molar-refractivity contribution in [2.24, 2.45) is 0 Å². The van der Waals surface area contributed by atoms with E-state index >= 15 is 0 Å². The number of H-pyrrole nitrogens is 1. The number of anilines is 1. The highest BCUT2D eigenvalue weighted by atomic mass is 35.5. The molecule has 8 heteroatoms. The van der Waals surface area contributed by atoms with Gasteiger partial charge in [0, 0.05) is 42.7 Å².